The zero-order valence-electron chi connectivity index (χ0n) is 14.0. The summed E-state index contributed by atoms with van der Waals surface area (Å²) in [5, 5.41) is 14.2. The summed E-state index contributed by atoms with van der Waals surface area (Å²) in [5.41, 5.74) is 2.67. The molecule has 0 bridgehead atoms. The number of ether oxygens (including phenoxy) is 2. The fourth-order valence-corrected chi connectivity index (χ4v) is 3.04. The molecule has 24 heavy (non-hydrogen) atoms. The lowest BCUT2D eigenvalue weighted by atomic mass is 9.93. The third-order valence-corrected chi connectivity index (χ3v) is 4.13. The van der Waals surface area contributed by atoms with E-state index in [1.165, 1.54) is 5.56 Å². The van der Waals surface area contributed by atoms with Crippen LogP contribution in [-0.4, -0.2) is 46.2 Å². The molecule has 2 aromatic heterocycles. The summed E-state index contributed by atoms with van der Waals surface area (Å²) in [6, 6.07) is 1.56. The van der Waals surface area contributed by atoms with Gasteiger partial charge in [-0.2, -0.15) is 5.10 Å². The van der Waals surface area contributed by atoms with E-state index in [1.54, 1.807) is 13.2 Å². The average molecular weight is 333 g/mol. The number of aromatic amines is 1. The summed E-state index contributed by atoms with van der Waals surface area (Å²) in [7, 11) is 1.67. The van der Waals surface area contributed by atoms with Crippen LogP contribution in [0, 0.1) is 0 Å². The zero-order chi connectivity index (χ0) is 16.9. The van der Waals surface area contributed by atoms with Crippen LogP contribution in [0.25, 0.3) is 0 Å². The van der Waals surface area contributed by atoms with Crippen LogP contribution in [0.15, 0.2) is 12.3 Å². The first-order valence-electron chi connectivity index (χ1n) is 8.25. The molecule has 0 radical (unpaired) electrons. The van der Waals surface area contributed by atoms with Crippen molar-refractivity contribution in [3.63, 3.8) is 0 Å². The van der Waals surface area contributed by atoms with Gasteiger partial charge in [0.25, 0.3) is 5.91 Å². The first-order valence-corrected chi connectivity index (χ1v) is 8.25. The molecule has 0 aromatic carbocycles. The second kappa shape index (κ2) is 7.48. The molecule has 0 aliphatic heterocycles. The van der Waals surface area contributed by atoms with Crippen LogP contribution in [0.3, 0.4) is 0 Å². The molecule has 8 nitrogen and oxygen atoms in total. The highest BCUT2D eigenvalue weighted by Crippen LogP contribution is 2.30. The minimum Gasteiger partial charge on any atom is -0.477 e. The van der Waals surface area contributed by atoms with Crippen molar-refractivity contribution in [1.82, 2.24) is 25.3 Å². The van der Waals surface area contributed by atoms with Gasteiger partial charge in [-0.1, -0.05) is 0 Å². The van der Waals surface area contributed by atoms with Crippen LogP contribution >= 0.6 is 0 Å². The Bertz CT molecular complexity index is 694. The maximum atomic E-state index is 12.5. The quantitative estimate of drug-likeness (QED) is 0.800. The number of aryl methyl sites for hydroxylation is 1. The molecule has 8 heteroatoms. The van der Waals surface area contributed by atoms with Crippen molar-refractivity contribution in [2.75, 3.05) is 20.3 Å². The van der Waals surface area contributed by atoms with Crippen molar-refractivity contribution in [3.05, 3.63) is 29.2 Å². The number of carbonyl (C=O) groups excluding carboxylic acids is 1. The number of amides is 1. The van der Waals surface area contributed by atoms with Crippen LogP contribution in [-0.2, 0) is 17.7 Å². The van der Waals surface area contributed by atoms with E-state index in [0.717, 1.165) is 25.0 Å². The number of fused-ring (bicyclic) bond motifs is 1. The molecule has 130 valence electrons. The first kappa shape index (κ1) is 16.5. The number of aromatic nitrogens is 4. The van der Waals surface area contributed by atoms with E-state index in [1.807, 2.05) is 17.8 Å². The van der Waals surface area contributed by atoms with E-state index in [0.29, 0.717) is 31.3 Å². The lowest BCUT2D eigenvalue weighted by molar-refractivity contribution is 0.0925. The summed E-state index contributed by atoms with van der Waals surface area (Å²) < 4.78 is 12.4. The number of methoxy groups -OCH3 is 1. The molecule has 3 rings (SSSR count). The number of H-pyrrole nitrogens is 1. The number of hydrogen-bond donors (Lipinski definition) is 2. The third kappa shape index (κ3) is 3.43. The van der Waals surface area contributed by atoms with Gasteiger partial charge in [0, 0.05) is 13.2 Å². The van der Waals surface area contributed by atoms with Crippen molar-refractivity contribution in [1.29, 1.82) is 0 Å². The molecule has 1 amide bonds. The van der Waals surface area contributed by atoms with Crippen LogP contribution < -0.4 is 10.1 Å². The van der Waals surface area contributed by atoms with E-state index < -0.39 is 0 Å². The van der Waals surface area contributed by atoms with Crippen LogP contribution in [0.5, 0.6) is 5.88 Å². The zero-order valence-corrected chi connectivity index (χ0v) is 14.0. The van der Waals surface area contributed by atoms with E-state index in [-0.39, 0.29) is 11.9 Å². The molecular weight excluding hydrogens is 310 g/mol. The summed E-state index contributed by atoms with van der Waals surface area (Å²) in [6.45, 7) is 3.65. The Morgan fingerprint density at radius 3 is 3.21 bits per heavy atom. The summed E-state index contributed by atoms with van der Waals surface area (Å²) in [4.78, 5) is 12.5. The smallest absolute Gasteiger partial charge is 0.269 e. The van der Waals surface area contributed by atoms with Gasteiger partial charge in [0.15, 0.2) is 0 Å². The number of nitrogens with one attached hydrogen (secondary N) is 2. The van der Waals surface area contributed by atoms with Crippen molar-refractivity contribution >= 4 is 5.91 Å². The fourth-order valence-electron chi connectivity index (χ4n) is 3.04. The van der Waals surface area contributed by atoms with Gasteiger partial charge in [0.2, 0.25) is 5.88 Å². The number of rotatable bonds is 7. The molecule has 0 spiro atoms. The molecule has 2 N–H and O–H groups in total. The monoisotopic (exact) mass is 333 g/mol. The lowest BCUT2D eigenvalue weighted by Gasteiger charge is -2.25. The highest BCUT2D eigenvalue weighted by molar-refractivity contribution is 5.92. The van der Waals surface area contributed by atoms with Gasteiger partial charge >= 0.3 is 0 Å². The summed E-state index contributed by atoms with van der Waals surface area (Å²) >= 11 is 0. The largest absolute Gasteiger partial charge is 0.477 e. The Kier molecular flexibility index (Phi) is 5.14. The fraction of sp³-hybridized carbons (Fsp3) is 0.562. The highest BCUT2D eigenvalue weighted by atomic mass is 16.5. The Labute approximate surface area is 140 Å². The normalized spacial score (nSPS) is 16.7. The van der Waals surface area contributed by atoms with Gasteiger partial charge in [-0.05, 0) is 31.7 Å². The van der Waals surface area contributed by atoms with E-state index in [9.17, 15) is 4.79 Å². The minimum atomic E-state index is -0.189. The summed E-state index contributed by atoms with van der Waals surface area (Å²) in [5.74, 6) is 0.239. The molecule has 0 fully saturated rings. The van der Waals surface area contributed by atoms with Crippen molar-refractivity contribution in [2.45, 2.75) is 38.8 Å². The molecule has 1 aliphatic carbocycles. The van der Waals surface area contributed by atoms with Crippen molar-refractivity contribution < 1.29 is 14.3 Å². The first-order chi connectivity index (χ1) is 11.7. The van der Waals surface area contributed by atoms with E-state index >= 15 is 0 Å². The van der Waals surface area contributed by atoms with Gasteiger partial charge in [0.05, 0.1) is 37.7 Å². The number of carbonyl (C=O) groups is 1. The minimum absolute atomic E-state index is 0.0561. The molecule has 1 atom stereocenters. The predicted octanol–water partition coefficient (Wildman–Crippen LogP) is 1.46. The van der Waals surface area contributed by atoms with Gasteiger partial charge in [-0.15, -0.1) is 5.10 Å². The van der Waals surface area contributed by atoms with Gasteiger partial charge in [-0.25, -0.2) is 0 Å². The molecule has 1 aliphatic rings. The van der Waals surface area contributed by atoms with Gasteiger partial charge < -0.3 is 14.8 Å². The Morgan fingerprint density at radius 2 is 2.42 bits per heavy atom. The van der Waals surface area contributed by atoms with Crippen LogP contribution in [0.2, 0.25) is 0 Å². The maximum absolute atomic E-state index is 12.5. The van der Waals surface area contributed by atoms with Crippen LogP contribution in [0.4, 0.5) is 0 Å². The molecule has 0 saturated heterocycles. The average Bonchev–Trinajstić information content (AvgIpc) is 3.21. The molecule has 2 heterocycles. The molecule has 2 aromatic rings. The third-order valence-electron chi connectivity index (χ3n) is 4.13. The lowest BCUT2D eigenvalue weighted by Crippen LogP contribution is -2.33. The van der Waals surface area contributed by atoms with E-state index in [2.05, 4.69) is 20.6 Å². The molecular formula is C16H23N5O3. The predicted molar refractivity (Wildman–Crippen MR) is 87.0 cm³/mol. The maximum Gasteiger partial charge on any atom is 0.269 e. The van der Waals surface area contributed by atoms with Gasteiger partial charge in [-0.3, -0.25) is 14.6 Å². The Hall–Kier alpha value is -2.35. The number of nitrogens with zero attached hydrogens (tertiary/aromatic N) is 3. The second-order valence-electron chi connectivity index (χ2n) is 5.74. The van der Waals surface area contributed by atoms with E-state index in [4.69, 9.17) is 9.47 Å². The van der Waals surface area contributed by atoms with Crippen molar-refractivity contribution in [3.8, 4) is 5.88 Å². The standard InChI is InChI=1S/C16H23N5O3/c1-3-24-14-9-13(19-20-14)16(22)18-12-6-4-5-11-10-17-21(15(11)12)7-8-23-2/h9-10,12H,3-8H2,1-2H3,(H,18,22)(H,19,20). The van der Waals surface area contributed by atoms with Crippen molar-refractivity contribution in [2.24, 2.45) is 0 Å². The Morgan fingerprint density at radius 1 is 1.54 bits per heavy atom. The van der Waals surface area contributed by atoms with Gasteiger partial charge in [0.1, 0.15) is 5.69 Å². The SMILES string of the molecule is CCOc1cc(C(=O)NC2CCCc3cnn(CCOC)c32)[nH]n1. The Balaban J connectivity index is 1.74. The molecule has 0 saturated carbocycles. The van der Waals surface area contributed by atoms with Crippen LogP contribution in [0.1, 0.15) is 47.6 Å². The topological polar surface area (TPSA) is 94.1 Å². The second-order valence-corrected chi connectivity index (χ2v) is 5.74. The summed E-state index contributed by atoms with van der Waals surface area (Å²) in [6.07, 6.45) is 4.81. The number of hydrogen-bond acceptors (Lipinski definition) is 5. The highest BCUT2D eigenvalue weighted by Gasteiger charge is 2.27. The molecule has 1 unspecified atom stereocenters.